The summed E-state index contributed by atoms with van der Waals surface area (Å²) >= 11 is 0. The number of carbonyl (C=O) groups is 1. The van der Waals surface area contributed by atoms with Crippen LogP contribution in [0.4, 0.5) is 0 Å². The van der Waals surface area contributed by atoms with Crippen LogP contribution in [0.5, 0.6) is 0 Å². The van der Waals surface area contributed by atoms with Crippen molar-refractivity contribution in [2.45, 2.75) is 32.9 Å². The zero-order valence-corrected chi connectivity index (χ0v) is 9.97. The second-order valence-corrected chi connectivity index (χ2v) is 4.25. The second kappa shape index (κ2) is 5.61. The van der Waals surface area contributed by atoms with Gasteiger partial charge in [0.25, 0.3) is 0 Å². The van der Waals surface area contributed by atoms with E-state index in [0.717, 1.165) is 5.69 Å². The number of nitrogens with zero attached hydrogens (tertiary/aromatic N) is 1. The van der Waals surface area contributed by atoms with Gasteiger partial charge in [-0.1, -0.05) is 19.9 Å². The molecule has 2 atom stereocenters. The van der Waals surface area contributed by atoms with Gasteiger partial charge in [-0.3, -0.25) is 9.78 Å². The van der Waals surface area contributed by atoms with Crippen LogP contribution in [0.15, 0.2) is 24.4 Å². The van der Waals surface area contributed by atoms with E-state index in [1.54, 1.807) is 6.20 Å². The average molecular weight is 221 g/mol. The van der Waals surface area contributed by atoms with E-state index < -0.39 is 6.04 Å². The number of pyridine rings is 1. The quantitative estimate of drug-likeness (QED) is 0.803. The van der Waals surface area contributed by atoms with Crippen LogP contribution in [0.25, 0.3) is 0 Å². The summed E-state index contributed by atoms with van der Waals surface area (Å²) < 4.78 is 0. The topological polar surface area (TPSA) is 68.0 Å². The van der Waals surface area contributed by atoms with E-state index in [9.17, 15) is 4.79 Å². The molecular weight excluding hydrogens is 202 g/mol. The monoisotopic (exact) mass is 221 g/mol. The van der Waals surface area contributed by atoms with Gasteiger partial charge in [0.15, 0.2) is 0 Å². The van der Waals surface area contributed by atoms with E-state index >= 15 is 0 Å². The third-order valence-corrected chi connectivity index (χ3v) is 2.51. The predicted octanol–water partition coefficient (Wildman–Crippen LogP) is 1.24. The van der Waals surface area contributed by atoms with Crippen molar-refractivity contribution < 1.29 is 4.79 Å². The molecule has 0 spiro atoms. The summed E-state index contributed by atoms with van der Waals surface area (Å²) in [6.07, 6.45) is 1.71. The second-order valence-electron chi connectivity index (χ2n) is 4.25. The normalized spacial score (nSPS) is 14.6. The number of hydrogen-bond donors (Lipinski definition) is 2. The Bertz CT molecular complexity index is 337. The third kappa shape index (κ3) is 3.31. The highest BCUT2D eigenvalue weighted by molar-refractivity contribution is 5.82. The molecule has 0 aliphatic carbocycles. The molecule has 1 amide bonds. The van der Waals surface area contributed by atoms with Crippen molar-refractivity contribution in [3.05, 3.63) is 30.1 Å². The number of rotatable bonds is 4. The number of carbonyl (C=O) groups excluding carboxylic acids is 1. The first-order valence-corrected chi connectivity index (χ1v) is 5.49. The number of aromatic nitrogens is 1. The number of amides is 1. The Morgan fingerprint density at radius 1 is 1.38 bits per heavy atom. The Labute approximate surface area is 96.3 Å². The highest BCUT2D eigenvalue weighted by Gasteiger charge is 2.19. The third-order valence-electron chi connectivity index (χ3n) is 2.51. The van der Waals surface area contributed by atoms with Gasteiger partial charge in [0.2, 0.25) is 5.91 Å². The van der Waals surface area contributed by atoms with Crippen LogP contribution in [-0.2, 0) is 4.79 Å². The molecule has 1 aromatic heterocycles. The number of hydrogen-bond acceptors (Lipinski definition) is 3. The minimum Gasteiger partial charge on any atom is -0.347 e. The van der Waals surface area contributed by atoms with Gasteiger partial charge in [-0.15, -0.1) is 0 Å². The Kier molecular flexibility index (Phi) is 4.43. The maximum atomic E-state index is 11.7. The lowest BCUT2D eigenvalue weighted by Gasteiger charge is -2.19. The van der Waals surface area contributed by atoms with Crippen molar-refractivity contribution in [3.63, 3.8) is 0 Å². The van der Waals surface area contributed by atoms with E-state index in [1.807, 2.05) is 39.0 Å². The Morgan fingerprint density at radius 2 is 2.06 bits per heavy atom. The summed E-state index contributed by atoms with van der Waals surface area (Å²) in [7, 11) is 0. The smallest absolute Gasteiger partial charge is 0.237 e. The summed E-state index contributed by atoms with van der Waals surface area (Å²) in [5.41, 5.74) is 6.59. The number of nitrogens with one attached hydrogen (secondary N) is 1. The Morgan fingerprint density at radius 3 is 2.56 bits per heavy atom. The lowest BCUT2D eigenvalue weighted by Crippen LogP contribution is -2.44. The molecule has 0 fully saturated rings. The summed E-state index contributed by atoms with van der Waals surface area (Å²) in [4.78, 5) is 15.9. The molecule has 4 heteroatoms. The van der Waals surface area contributed by atoms with Crippen molar-refractivity contribution in [1.82, 2.24) is 10.3 Å². The van der Waals surface area contributed by atoms with Gasteiger partial charge in [-0.25, -0.2) is 0 Å². The van der Waals surface area contributed by atoms with Gasteiger partial charge in [0.05, 0.1) is 17.8 Å². The molecule has 0 radical (unpaired) electrons. The molecule has 0 aliphatic heterocycles. The van der Waals surface area contributed by atoms with Crippen molar-refractivity contribution in [2.75, 3.05) is 0 Å². The summed E-state index contributed by atoms with van der Waals surface area (Å²) in [5.74, 6) is 0.00378. The Balaban J connectivity index is 2.58. The highest BCUT2D eigenvalue weighted by Crippen LogP contribution is 2.09. The predicted molar refractivity (Wildman–Crippen MR) is 63.6 cm³/mol. The SMILES string of the molecule is CC(NC(=O)[C@@H](N)C(C)C)c1ccccn1. The first-order valence-electron chi connectivity index (χ1n) is 5.49. The summed E-state index contributed by atoms with van der Waals surface area (Å²) in [5, 5.41) is 2.85. The lowest BCUT2D eigenvalue weighted by molar-refractivity contribution is -0.123. The van der Waals surface area contributed by atoms with Crippen LogP contribution in [0, 0.1) is 5.92 Å². The maximum absolute atomic E-state index is 11.7. The number of nitrogens with two attached hydrogens (primary N) is 1. The van der Waals surface area contributed by atoms with E-state index in [1.165, 1.54) is 0 Å². The van der Waals surface area contributed by atoms with E-state index in [4.69, 9.17) is 5.73 Å². The van der Waals surface area contributed by atoms with Crippen LogP contribution in [0.1, 0.15) is 32.5 Å². The molecule has 1 aromatic rings. The summed E-state index contributed by atoms with van der Waals surface area (Å²) in [6.45, 7) is 5.75. The van der Waals surface area contributed by atoms with Gasteiger partial charge in [0, 0.05) is 6.20 Å². The fourth-order valence-electron chi connectivity index (χ4n) is 1.32. The standard InChI is InChI=1S/C12H19N3O/c1-8(2)11(13)12(16)15-9(3)10-6-4-5-7-14-10/h4-9,11H,13H2,1-3H3,(H,15,16)/t9?,11-/m0/s1. The van der Waals surface area contributed by atoms with Crippen LogP contribution in [-0.4, -0.2) is 16.9 Å². The van der Waals surface area contributed by atoms with Gasteiger partial charge in [0.1, 0.15) is 0 Å². The molecule has 3 N–H and O–H groups in total. The van der Waals surface area contributed by atoms with Crippen molar-refractivity contribution in [3.8, 4) is 0 Å². The molecule has 1 heterocycles. The van der Waals surface area contributed by atoms with Gasteiger partial charge < -0.3 is 11.1 Å². The van der Waals surface area contributed by atoms with Crippen molar-refractivity contribution in [2.24, 2.45) is 11.7 Å². The largest absolute Gasteiger partial charge is 0.347 e. The van der Waals surface area contributed by atoms with Crippen LogP contribution in [0.3, 0.4) is 0 Å². The molecule has 0 saturated carbocycles. The van der Waals surface area contributed by atoms with Crippen LogP contribution in [0.2, 0.25) is 0 Å². The zero-order valence-electron chi connectivity index (χ0n) is 9.97. The zero-order chi connectivity index (χ0) is 12.1. The van der Waals surface area contributed by atoms with Gasteiger partial charge >= 0.3 is 0 Å². The van der Waals surface area contributed by atoms with E-state index in [-0.39, 0.29) is 17.9 Å². The molecule has 1 unspecified atom stereocenters. The molecule has 0 aromatic carbocycles. The first-order chi connectivity index (χ1) is 7.52. The van der Waals surface area contributed by atoms with E-state index in [2.05, 4.69) is 10.3 Å². The molecule has 0 aliphatic rings. The molecule has 0 bridgehead atoms. The van der Waals surface area contributed by atoms with Crippen LogP contribution >= 0.6 is 0 Å². The fraction of sp³-hybridized carbons (Fsp3) is 0.500. The van der Waals surface area contributed by atoms with Crippen LogP contribution < -0.4 is 11.1 Å². The van der Waals surface area contributed by atoms with Gasteiger partial charge in [-0.05, 0) is 25.0 Å². The fourth-order valence-corrected chi connectivity index (χ4v) is 1.32. The molecule has 16 heavy (non-hydrogen) atoms. The van der Waals surface area contributed by atoms with E-state index in [0.29, 0.717) is 0 Å². The minimum atomic E-state index is -0.467. The van der Waals surface area contributed by atoms with Crippen molar-refractivity contribution in [1.29, 1.82) is 0 Å². The Hall–Kier alpha value is -1.42. The molecule has 1 rings (SSSR count). The summed E-state index contributed by atoms with van der Waals surface area (Å²) in [6, 6.07) is 5.04. The molecule has 4 nitrogen and oxygen atoms in total. The first kappa shape index (κ1) is 12.6. The van der Waals surface area contributed by atoms with Gasteiger partial charge in [-0.2, -0.15) is 0 Å². The van der Waals surface area contributed by atoms with Crippen molar-refractivity contribution >= 4 is 5.91 Å². The minimum absolute atomic E-state index is 0.113. The maximum Gasteiger partial charge on any atom is 0.237 e. The average Bonchev–Trinajstić information content (AvgIpc) is 2.28. The molecule has 0 saturated heterocycles. The lowest BCUT2D eigenvalue weighted by atomic mass is 10.0. The molecule has 88 valence electrons. The highest BCUT2D eigenvalue weighted by atomic mass is 16.2. The molecular formula is C12H19N3O.